The smallest absolute Gasteiger partial charge is 0.0223 e. The lowest BCUT2D eigenvalue weighted by Crippen LogP contribution is -2.02. The largest absolute Gasteiger partial charge is 0.127 e. The van der Waals surface area contributed by atoms with Crippen molar-refractivity contribution in [2.45, 2.75) is 32.1 Å². The Hall–Kier alpha value is 0.0300. The van der Waals surface area contributed by atoms with Crippen molar-refractivity contribution in [1.29, 1.82) is 0 Å². The van der Waals surface area contributed by atoms with Crippen molar-refractivity contribution < 1.29 is 0 Å². The summed E-state index contributed by atoms with van der Waals surface area (Å²) < 4.78 is 0. The topological polar surface area (TPSA) is 0 Å². The Morgan fingerprint density at radius 2 is 2.30 bits per heavy atom. The van der Waals surface area contributed by atoms with Crippen molar-refractivity contribution in [2.24, 2.45) is 5.92 Å². The van der Waals surface area contributed by atoms with E-state index in [4.69, 9.17) is 11.6 Å². The van der Waals surface area contributed by atoms with Crippen LogP contribution in [0, 0.1) is 5.92 Å². The molecular weight excluding hydrogens is 144 g/mol. The Morgan fingerprint density at radius 3 is 2.90 bits per heavy atom. The molecule has 58 valence electrons. The molecule has 0 aliphatic heterocycles. The zero-order valence-electron chi connectivity index (χ0n) is 6.35. The summed E-state index contributed by atoms with van der Waals surface area (Å²) in [5.41, 5.74) is 0. The van der Waals surface area contributed by atoms with Gasteiger partial charge in [-0.25, -0.2) is 0 Å². The highest BCUT2D eigenvalue weighted by Gasteiger charge is 2.07. The van der Waals surface area contributed by atoms with E-state index in [2.05, 4.69) is 12.2 Å². The van der Waals surface area contributed by atoms with Crippen molar-refractivity contribution in [3.8, 4) is 0 Å². The Morgan fingerprint density at radius 1 is 1.40 bits per heavy atom. The Balaban J connectivity index is 2.10. The first-order valence-electron chi connectivity index (χ1n) is 4.14. The summed E-state index contributed by atoms with van der Waals surface area (Å²) in [6, 6.07) is 0. The van der Waals surface area contributed by atoms with Crippen molar-refractivity contribution in [3.05, 3.63) is 12.2 Å². The molecule has 0 nitrogen and oxygen atoms in total. The molecule has 0 aromatic heterocycles. The second-order valence-electron chi connectivity index (χ2n) is 2.98. The summed E-state index contributed by atoms with van der Waals surface area (Å²) >= 11 is 5.60. The average Bonchev–Trinajstić information content (AvgIpc) is 2.03. The van der Waals surface area contributed by atoms with Crippen molar-refractivity contribution in [1.82, 2.24) is 0 Å². The Kier molecular flexibility index (Phi) is 3.89. The highest BCUT2D eigenvalue weighted by molar-refractivity contribution is 6.17. The Labute approximate surface area is 68.3 Å². The van der Waals surface area contributed by atoms with E-state index in [1.165, 1.54) is 32.1 Å². The van der Waals surface area contributed by atoms with Crippen molar-refractivity contribution in [2.75, 3.05) is 5.88 Å². The molecule has 10 heavy (non-hydrogen) atoms. The third-order valence-electron chi connectivity index (χ3n) is 2.12. The molecule has 1 heteroatoms. The van der Waals surface area contributed by atoms with Crippen LogP contribution in [0.15, 0.2) is 12.2 Å². The molecule has 0 heterocycles. The lowest BCUT2D eigenvalue weighted by molar-refractivity contribution is 0.442. The fraction of sp³-hybridized carbons (Fsp3) is 0.778. The van der Waals surface area contributed by atoms with E-state index in [1.807, 2.05) is 0 Å². The van der Waals surface area contributed by atoms with E-state index >= 15 is 0 Å². The fourth-order valence-electron chi connectivity index (χ4n) is 1.48. The minimum atomic E-state index is 0.834. The van der Waals surface area contributed by atoms with Crippen molar-refractivity contribution >= 4 is 11.6 Å². The molecular formula is C9H15Cl. The van der Waals surface area contributed by atoms with Gasteiger partial charge in [0.2, 0.25) is 0 Å². The molecule has 0 spiro atoms. The first-order chi connectivity index (χ1) is 4.93. The van der Waals surface area contributed by atoms with Gasteiger partial charge in [-0.3, -0.25) is 0 Å². The molecule has 0 aromatic carbocycles. The van der Waals surface area contributed by atoms with Crippen LogP contribution in [0.3, 0.4) is 0 Å². The van der Waals surface area contributed by atoms with Crippen molar-refractivity contribution in [3.63, 3.8) is 0 Å². The minimum absolute atomic E-state index is 0.834. The molecule has 0 fully saturated rings. The average molecular weight is 159 g/mol. The summed E-state index contributed by atoms with van der Waals surface area (Å²) in [7, 11) is 0. The maximum Gasteiger partial charge on any atom is 0.0223 e. The summed E-state index contributed by atoms with van der Waals surface area (Å²) in [6.07, 6.45) is 11.1. The predicted molar refractivity (Wildman–Crippen MR) is 46.4 cm³/mol. The summed E-state index contributed by atoms with van der Waals surface area (Å²) in [6.45, 7) is 0. The lowest BCUT2D eigenvalue weighted by atomic mass is 9.91. The zero-order chi connectivity index (χ0) is 7.23. The van der Waals surface area contributed by atoms with E-state index in [9.17, 15) is 0 Å². The second-order valence-corrected chi connectivity index (χ2v) is 3.36. The fourth-order valence-corrected chi connectivity index (χ4v) is 1.64. The molecule has 1 aliphatic carbocycles. The van der Waals surface area contributed by atoms with Crippen LogP contribution in [0.1, 0.15) is 32.1 Å². The van der Waals surface area contributed by atoms with Crippen LogP contribution >= 0.6 is 11.6 Å². The number of hydrogen-bond acceptors (Lipinski definition) is 0. The third kappa shape index (κ3) is 2.74. The molecule has 1 unspecified atom stereocenters. The normalized spacial score (nSPS) is 25.1. The number of allylic oxidation sites excluding steroid dienone is 2. The van der Waals surface area contributed by atoms with Gasteiger partial charge in [-0.05, 0) is 38.0 Å². The van der Waals surface area contributed by atoms with Gasteiger partial charge < -0.3 is 0 Å². The molecule has 0 amide bonds. The molecule has 1 atom stereocenters. The van der Waals surface area contributed by atoms with E-state index in [0.29, 0.717) is 0 Å². The molecule has 0 saturated carbocycles. The minimum Gasteiger partial charge on any atom is -0.127 e. The van der Waals surface area contributed by atoms with Gasteiger partial charge in [0.25, 0.3) is 0 Å². The molecule has 0 bridgehead atoms. The number of rotatable bonds is 3. The second kappa shape index (κ2) is 4.79. The van der Waals surface area contributed by atoms with Gasteiger partial charge in [0, 0.05) is 5.88 Å². The van der Waals surface area contributed by atoms with Crippen LogP contribution in [0.4, 0.5) is 0 Å². The number of alkyl halides is 1. The van der Waals surface area contributed by atoms with Crippen LogP contribution in [-0.2, 0) is 0 Å². The lowest BCUT2D eigenvalue weighted by Gasteiger charge is -2.16. The highest BCUT2D eigenvalue weighted by atomic mass is 35.5. The van der Waals surface area contributed by atoms with Gasteiger partial charge >= 0.3 is 0 Å². The molecule has 0 aromatic rings. The molecule has 1 rings (SSSR count). The maximum absolute atomic E-state index is 5.60. The monoisotopic (exact) mass is 158 g/mol. The number of halogens is 1. The van der Waals surface area contributed by atoms with E-state index in [0.717, 1.165) is 11.8 Å². The SMILES string of the molecule is ClCCCC1CC=CCC1. The predicted octanol–water partition coefficient (Wildman–Crippen LogP) is 3.36. The van der Waals surface area contributed by atoms with Gasteiger partial charge in [0.15, 0.2) is 0 Å². The molecule has 0 N–H and O–H groups in total. The van der Waals surface area contributed by atoms with Crippen LogP contribution < -0.4 is 0 Å². The quantitative estimate of drug-likeness (QED) is 0.437. The van der Waals surface area contributed by atoms with Crippen LogP contribution in [-0.4, -0.2) is 5.88 Å². The summed E-state index contributed by atoms with van der Waals surface area (Å²) in [4.78, 5) is 0. The van der Waals surface area contributed by atoms with Gasteiger partial charge in [-0.1, -0.05) is 12.2 Å². The molecule has 1 aliphatic rings. The first kappa shape index (κ1) is 8.13. The van der Waals surface area contributed by atoms with E-state index in [1.54, 1.807) is 0 Å². The highest BCUT2D eigenvalue weighted by Crippen LogP contribution is 2.22. The van der Waals surface area contributed by atoms with Gasteiger partial charge in [-0.2, -0.15) is 0 Å². The standard InChI is InChI=1S/C9H15Cl/c10-8-4-7-9-5-2-1-3-6-9/h1-2,9H,3-8H2. The van der Waals surface area contributed by atoms with E-state index < -0.39 is 0 Å². The summed E-state index contributed by atoms with van der Waals surface area (Å²) in [5.74, 6) is 1.77. The first-order valence-corrected chi connectivity index (χ1v) is 4.68. The number of hydrogen-bond donors (Lipinski definition) is 0. The van der Waals surface area contributed by atoms with Crippen LogP contribution in [0.2, 0.25) is 0 Å². The molecule has 0 saturated heterocycles. The van der Waals surface area contributed by atoms with Gasteiger partial charge in [0.1, 0.15) is 0 Å². The van der Waals surface area contributed by atoms with Crippen LogP contribution in [0.25, 0.3) is 0 Å². The summed E-state index contributed by atoms with van der Waals surface area (Å²) in [5, 5.41) is 0. The van der Waals surface area contributed by atoms with Crippen LogP contribution in [0.5, 0.6) is 0 Å². The van der Waals surface area contributed by atoms with Gasteiger partial charge in [-0.15, -0.1) is 11.6 Å². The maximum atomic E-state index is 5.60. The third-order valence-corrected chi connectivity index (χ3v) is 2.39. The van der Waals surface area contributed by atoms with E-state index in [-0.39, 0.29) is 0 Å². The zero-order valence-corrected chi connectivity index (χ0v) is 7.11. The molecule has 0 radical (unpaired) electrons. The Bertz CT molecular complexity index is 107. The van der Waals surface area contributed by atoms with Gasteiger partial charge in [0.05, 0.1) is 0 Å².